The van der Waals surface area contributed by atoms with Crippen molar-refractivity contribution < 1.29 is 19.8 Å². The summed E-state index contributed by atoms with van der Waals surface area (Å²) in [5.41, 5.74) is -1.15. The van der Waals surface area contributed by atoms with Gasteiger partial charge in [-0.2, -0.15) is 0 Å². The summed E-state index contributed by atoms with van der Waals surface area (Å²) in [6.45, 7) is 7.10. The van der Waals surface area contributed by atoms with Crippen molar-refractivity contribution in [2.24, 2.45) is 0 Å². The number of nitrogens with zero attached hydrogens (tertiary/aromatic N) is 2. The van der Waals surface area contributed by atoms with E-state index in [1.54, 1.807) is 39.8 Å². The fraction of sp³-hybridized carbons (Fsp3) is 0.500. The molecule has 0 radical (unpaired) electrons. The van der Waals surface area contributed by atoms with E-state index in [0.717, 1.165) is 9.80 Å². The summed E-state index contributed by atoms with van der Waals surface area (Å²) in [6.07, 6.45) is 0. The molecule has 6 heteroatoms. The van der Waals surface area contributed by atoms with Crippen molar-refractivity contribution in [1.29, 1.82) is 0 Å². The largest absolute Gasteiger partial charge is 0.714 e. The molecular weight excluding hydrogens is 260 g/mol. The van der Waals surface area contributed by atoms with Gasteiger partial charge in [0.25, 0.3) is 0 Å². The van der Waals surface area contributed by atoms with E-state index < -0.39 is 11.1 Å². The molecule has 1 aliphatic heterocycles. The lowest BCUT2D eigenvalue weighted by atomic mass is 9.84. The molecule has 1 aliphatic rings. The second kappa shape index (κ2) is 4.28. The maximum atomic E-state index is 12.5. The molecule has 0 unspecified atom stereocenters. The molecule has 0 aliphatic carbocycles. The Morgan fingerprint density at radius 1 is 1.25 bits per heavy atom. The Balaban J connectivity index is 2.58. The Labute approximate surface area is 118 Å². The number of benzene rings is 1. The first-order valence-electron chi connectivity index (χ1n) is 6.35. The summed E-state index contributed by atoms with van der Waals surface area (Å²) in [4.78, 5) is 0. The van der Waals surface area contributed by atoms with Crippen molar-refractivity contribution >= 4 is 5.84 Å². The lowest BCUT2D eigenvalue weighted by Gasteiger charge is -2.33. The van der Waals surface area contributed by atoms with Gasteiger partial charge in [-0.25, -0.2) is 5.21 Å². The van der Waals surface area contributed by atoms with Crippen LogP contribution in [0.5, 0.6) is 11.5 Å². The normalized spacial score (nSPS) is 20.4. The Kier molecular flexibility index (Phi) is 3.09. The van der Waals surface area contributed by atoms with Gasteiger partial charge in [-0.15, -0.1) is 5.06 Å². The van der Waals surface area contributed by atoms with Crippen LogP contribution < -0.4 is 4.74 Å². The van der Waals surface area contributed by atoms with Crippen molar-refractivity contribution in [1.82, 2.24) is 5.06 Å². The van der Waals surface area contributed by atoms with Crippen LogP contribution in [0.4, 0.5) is 0 Å². The molecular formula is C14H20N2O4. The minimum atomic E-state index is -0.813. The van der Waals surface area contributed by atoms with Gasteiger partial charge in [-0.05, 0) is 45.9 Å². The molecule has 1 aromatic rings. The molecule has 0 atom stereocenters. The number of hydroxylamine groups is 3. The predicted molar refractivity (Wildman–Crippen MR) is 74.2 cm³/mol. The third-order valence-electron chi connectivity index (χ3n) is 4.36. The number of methoxy groups -OCH3 is 1. The first-order valence-corrected chi connectivity index (χ1v) is 6.35. The summed E-state index contributed by atoms with van der Waals surface area (Å²) in [7, 11) is 1.45. The minimum Gasteiger partial charge on any atom is -0.714 e. The highest BCUT2D eigenvalue weighted by molar-refractivity contribution is 5.96. The van der Waals surface area contributed by atoms with Crippen LogP contribution in [-0.2, 0) is 0 Å². The fourth-order valence-corrected chi connectivity index (χ4v) is 2.19. The summed E-state index contributed by atoms with van der Waals surface area (Å²) in [6, 6.07) is 4.58. The monoisotopic (exact) mass is 280 g/mol. The third kappa shape index (κ3) is 1.71. The highest BCUT2D eigenvalue weighted by atomic mass is 16.5. The molecule has 2 N–H and O–H groups in total. The average Bonchev–Trinajstić information content (AvgIpc) is 2.49. The molecule has 20 heavy (non-hydrogen) atoms. The quantitative estimate of drug-likeness (QED) is 0.639. The molecule has 0 bridgehead atoms. The molecule has 0 amide bonds. The third-order valence-corrected chi connectivity index (χ3v) is 4.36. The number of rotatable bonds is 2. The average molecular weight is 280 g/mol. The Morgan fingerprint density at radius 3 is 2.25 bits per heavy atom. The lowest BCUT2D eigenvalue weighted by molar-refractivity contribution is -0.539. The Hall–Kier alpha value is -1.95. The molecule has 0 saturated heterocycles. The van der Waals surface area contributed by atoms with Crippen LogP contribution in [0.25, 0.3) is 0 Å². The predicted octanol–water partition coefficient (Wildman–Crippen LogP) is 1.92. The Morgan fingerprint density at radius 2 is 1.85 bits per heavy atom. The zero-order valence-electron chi connectivity index (χ0n) is 12.3. The van der Waals surface area contributed by atoms with E-state index >= 15 is 0 Å². The van der Waals surface area contributed by atoms with E-state index in [9.17, 15) is 15.5 Å². The highest BCUT2D eigenvalue weighted by Gasteiger charge is 2.58. The van der Waals surface area contributed by atoms with Crippen molar-refractivity contribution in [3.63, 3.8) is 0 Å². The van der Waals surface area contributed by atoms with E-state index in [0.29, 0.717) is 11.3 Å². The van der Waals surface area contributed by atoms with Gasteiger partial charge in [0.15, 0.2) is 17.0 Å². The maximum Gasteiger partial charge on any atom is 0.313 e. The van der Waals surface area contributed by atoms with Gasteiger partial charge in [-0.1, -0.05) is 0 Å². The zero-order valence-corrected chi connectivity index (χ0v) is 12.3. The van der Waals surface area contributed by atoms with Gasteiger partial charge >= 0.3 is 5.84 Å². The minimum absolute atomic E-state index is 0.0817. The summed E-state index contributed by atoms with van der Waals surface area (Å²) < 4.78 is 5.74. The van der Waals surface area contributed by atoms with E-state index in [-0.39, 0.29) is 11.6 Å². The topological polar surface area (TPSA) is 79.0 Å². The van der Waals surface area contributed by atoms with Crippen LogP contribution in [-0.4, -0.2) is 44.1 Å². The zero-order chi connectivity index (χ0) is 15.3. The van der Waals surface area contributed by atoms with E-state index in [2.05, 4.69) is 0 Å². The molecule has 2 rings (SSSR count). The molecule has 6 nitrogen and oxygen atoms in total. The molecule has 0 spiro atoms. The van der Waals surface area contributed by atoms with Gasteiger partial charge in [0.05, 0.1) is 12.7 Å². The summed E-state index contributed by atoms with van der Waals surface area (Å²) in [5.74, 6) is 0.340. The molecule has 0 saturated carbocycles. The Bertz CT molecular complexity index is 579. The van der Waals surface area contributed by atoms with Gasteiger partial charge < -0.3 is 15.1 Å². The number of amidine groups is 1. The number of hydrogen-bond donors (Lipinski definition) is 2. The van der Waals surface area contributed by atoms with Crippen LogP contribution in [0.15, 0.2) is 18.2 Å². The smallest absolute Gasteiger partial charge is 0.313 e. The maximum absolute atomic E-state index is 12.5. The van der Waals surface area contributed by atoms with Gasteiger partial charge in [0, 0.05) is 0 Å². The van der Waals surface area contributed by atoms with Gasteiger partial charge in [0.2, 0.25) is 0 Å². The standard InChI is InChI=1S/C14H20N2O4/c1-13(2)14(3,4)16(19)12(15(13)18)9-6-7-11(20-5)10(17)8-9/h6-8,17-18H,1-5H3. The number of aromatic hydroxyl groups is 1. The molecule has 110 valence electrons. The molecule has 1 heterocycles. The van der Waals surface area contributed by atoms with Crippen LogP contribution >= 0.6 is 0 Å². The van der Waals surface area contributed by atoms with E-state index in [1.165, 1.54) is 13.2 Å². The van der Waals surface area contributed by atoms with E-state index in [4.69, 9.17) is 4.74 Å². The van der Waals surface area contributed by atoms with Crippen molar-refractivity contribution in [3.05, 3.63) is 29.0 Å². The summed E-state index contributed by atoms with van der Waals surface area (Å²) in [5, 5.41) is 33.6. The number of hydrogen-bond acceptors (Lipinski definition) is 5. The molecule has 1 aromatic carbocycles. The van der Waals surface area contributed by atoms with Crippen LogP contribution in [0.2, 0.25) is 0 Å². The second-order valence-corrected chi connectivity index (χ2v) is 5.93. The van der Waals surface area contributed by atoms with Crippen molar-refractivity contribution in [2.45, 2.75) is 38.8 Å². The first kappa shape index (κ1) is 14.5. The van der Waals surface area contributed by atoms with Crippen LogP contribution in [0, 0.1) is 5.21 Å². The van der Waals surface area contributed by atoms with Crippen LogP contribution in [0.1, 0.15) is 33.3 Å². The number of phenolic OH excluding ortho intramolecular Hbond substituents is 1. The first-order chi connectivity index (χ1) is 9.14. The SMILES string of the molecule is COc1ccc(C2=[N+]([O-])C(C)(C)C(C)(C)N2O)cc1O. The number of phenols is 1. The molecule has 0 fully saturated rings. The van der Waals surface area contributed by atoms with Crippen molar-refractivity contribution in [3.8, 4) is 11.5 Å². The molecule has 0 aromatic heterocycles. The highest BCUT2D eigenvalue weighted by Crippen LogP contribution is 2.38. The van der Waals surface area contributed by atoms with E-state index in [1.807, 2.05) is 0 Å². The number of ether oxygens (including phenoxy) is 1. The lowest BCUT2D eigenvalue weighted by Crippen LogP contribution is -2.53. The van der Waals surface area contributed by atoms with Gasteiger partial charge in [0.1, 0.15) is 5.54 Å². The van der Waals surface area contributed by atoms with Crippen molar-refractivity contribution in [2.75, 3.05) is 7.11 Å². The second-order valence-electron chi connectivity index (χ2n) is 5.93. The summed E-state index contributed by atoms with van der Waals surface area (Å²) >= 11 is 0. The van der Waals surface area contributed by atoms with Gasteiger partial charge in [-0.3, -0.25) is 4.74 Å². The van der Waals surface area contributed by atoms with Crippen LogP contribution in [0.3, 0.4) is 0 Å². The fourth-order valence-electron chi connectivity index (χ4n) is 2.19.